The van der Waals surface area contributed by atoms with Gasteiger partial charge in [-0.2, -0.15) is 4.31 Å². The van der Waals surface area contributed by atoms with Crippen LogP contribution in [0.5, 0.6) is 5.75 Å². The fraction of sp³-hybridized carbons (Fsp3) is 0.565. The van der Waals surface area contributed by atoms with E-state index in [-0.39, 0.29) is 23.1 Å². The zero-order valence-corrected chi connectivity index (χ0v) is 20.6. The first kappa shape index (κ1) is 24.6. The second-order valence-corrected chi connectivity index (χ2v) is 10.8. The summed E-state index contributed by atoms with van der Waals surface area (Å²) in [7, 11) is -2.24. The van der Waals surface area contributed by atoms with E-state index in [0.717, 1.165) is 63.4 Å². The van der Waals surface area contributed by atoms with Crippen molar-refractivity contribution in [1.82, 2.24) is 19.3 Å². The van der Waals surface area contributed by atoms with Crippen LogP contribution in [0.2, 0.25) is 0 Å². The first-order chi connectivity index (χ1) is 16.3. The van der Waals surface area contributed by atoms with Crippen molar-refractivity contribution in [2.75, 3.05) is 58.2 Å². The van der Waals surface area contributed by atoms with Gasteiger partial charge in [0.2, 0.25) is 15.9 Å². The van der Waals surface area contributed by atoms with Crippen LogP contribution >= 0.6 is 0 Å². The number of aromatic nitrogens is 1. The van der Waals surface area contributed by atoms with Gasteiger partial charge in [-0.15, -0.1) is 0 Å². The molecule has 1 N–H and O–H groups in total. The van der Waals surface area contributed by atoms with Crippen LogP contribution in [0.3, 0.4) is 0 Å². The number of piperidine rings is 1. The van der Waals surface area contributed by atoms with E-state index in [1.54, 1.807) is 12.1 Å². The minimum Gasteiger partial charge on any atom is -0.495 e. The van der Waals surface area contributed by atoms with Crippen molar-refractivity contribution < 1.29 is 22.5 Å². The molecule has 1 aromatic carbocycles. The first-order valence-corrected chi connectivity index (χ1v) is 13.1. The summed E-state index contributed by atoms with van der Waals surface area (Å²) in [5.74, 6) is 0.907. The minimum absolute atomic E-state index is 0.0893. The topological polar surface area (TPSA) is 108 Å². The Morgan fingerprint density at radius 2 is 1.76 bits per heavy atom. The number of aryl methyl sites for hydroxylation is 1. The highest BCUT2D eigenvalue weighted by Gasteiger charge is 2.29. The second-order valence-electron chi connectivity index (χ2n) is 8.86. The summed E-state index contributed by atoms with van der Waals surface area (Å²) in [5.41, 5.74) is 1.36. The molecule has 2 aliphatic rings. The molecular weight excluding hydrogens is 458 g/mol. The number of carbonyl (C=O) groups excluding carboxylic acids is 1. The molecule has 0 atom stereocenters. The summed E-state index contributed by atoms with van der Waals surface area (Å²) in [6.45, 7) is 7.06. The smallest absolute Gasteiger partial charge is 0.246 e. The number of nitrogens with zero attached hydrogens (tertiary/aromatic N) is 4. The van der Waals surface area contributed by atoms with Gasteiger partial charge in [-0.05, 0) is 38.0 Å². The summed E-state index contributed by atoms with van der Waals surface area (Å²) >= 11 is 0. The molecule has 4 rings (SSSR count). The van der Waals surface area contributed by atoms with Gasteiger partial charge in [0.1, 0.15) is 16.4 Å². The fourth-order valence-electron chi connectivity index (χ4n) is 4.43. The molecular formula is C23H33N5O5S. The van der Waals surface area contributed by atoms with Gasteiger partial charge in [-0.25, -0.2) is 8.42 Å². The number of methoxy groups -OCH3 is 1. The molecule has 34 heavy (non-hydrogen) atoms. The van der Waals surface area contributed by atoms with Crippen LogP contribution in [0.15, 0.2) is 33.7 Å². The summed E-state index contributed by atoms with van der Waals surface area (Å²) in [5, 5.41) is 6.90. The number of benzene rings is 1. The maximum Gasteiger partial charge on any atom is 0.246 e. The Labute approximate surface area is 200 Å². The number of hydrogen-bond acceptors (Lipinski definition) is 8. The highest BCUT2D eigenvalue weighted by Crippen LogP contribution is 2.31. The number of rotatable bonds is 8. The SMILES string of the molecule is COc1ccc(NC(=O)CN2CCN(Cc3cc(C)on3)CC2)cc1S(=O)(=O)N1CCCCC1. The molecule has 0 radical (unpaired) electrons. The number of piperazine rings is 1. The first-order valence-electron chi connectivity index (χ1n) is 11.7. The van der Waals surface area contributed by atoms with Gasteiger partial charge in [0.15, 0.2) is 0 Å². The summed E-state index contributed by atoms with van der Waals surface area (Å²) in [6, 6.07) is 6.70. The Morgan fingerprint density at radius 3 is 2.41 bits per heavy atom. The van der Waals surface area contributed by atoms with Crippen LogP contribution in [-0.2, 0) is 21.4 Å². The van der Waals surface area contributed by atoms with Crippen LogP contribution < -0.4 is 10.1 Å². The zero-order valence-electron chi connectivity index (χ0n) is 19.8. The number of nitrogens with one attached hydrogen (secondary N) is 1. The lowest BCUT2D eigenvalue weighted by molar-refractivity contribution is -0.117. The van der Waals surface area contributed by atoms with Gasteiger partial charge in [-0.1, -0.05) is 11.6 Å². The van der Waals surface area contributed by atoms with Crippen molar-refractivity contribution in [1.29, 1.82) is 0 Å². The van der Waals surface area contributed by atoms with Crippen LogP contribution in [0.1, 0.15) is 30.7 Å². The van der Waals surface area contributed by atoms with Crippen molar-refractivity contribution in [3.05, 3.63) is 35.7 Å². The number of anilines is 1. The van der Waals surface area contributed by atoms with E-state index in [0.29, 0.717) is 18.8 Å². The van der Waals surface area contributed by atoms with Gasteiger partial charge in [0, 0.05) is 57.6 Å². The lowest BCUT2D eigenvalue weighted by atomic mass is 10.2. The molecule has 3 heterocycles. The van der Waals surface area contributed by atoms with E-state index >= 15 is 0 Å². The molecule has 186 valence electrons. The average Bonchev–Trinajstić information content (AvgIpc) is 3.25. The van der Waals surface area contributed by atoms with E-state index in [1.807, 2.05) is 13.0 Å². The van der Waals surface area contributed by atoms with Crippen molar-refractivity contribution in [2.45, 2.75) is 37.6 Å². The highest BCUT2D eigenvalue weighted by atomic mass is 32.2. The number of carbonyl (C=O) groups is 1. The Bertz CT molecular complexity index is 1090. The van der Waals surface area contributed by atoms with Crippen LogP contribution in [0.4, 0.5) is 5.69 Å². The lowest BCUT2D eigenvalue weighted by Gasteiger charge is -2.33. The monoisotopic (exact) mass is 491 g/mol. The summed E-state index contributed by atoms with van der Waals surface area (Å²) in [6.07, 6.45) is 2.74. The molecule has 0 spiro atoms. The predicted octanol–water partition coefficient (Wildman–Crippen LogP) is 1.92. The molecule has 10 nitrogen and oxygen atoms in total. The van der Waals surface area contributed by atoms with Crippen LogP contribution in [0, 0.1) is 6.92 Å². The molecule has 2 saturated heterocycles. The van der Waals surface area contributed by atoms with Crippen molar-refractivity contribution in [2.24, 2.45) is 0 Å². The fourth-order valence-corrected chi connectivity index (χ4v) is 6.13. The standard InChI is InChI=1S/C23H33N5O5S/c1-18-14-20(25-33-18)16-26-10-12-27(13-11-26)17-23(29)24-19-6-7-21(32-2)22(15-19)34(30,31)28-8-4-3-5-9-28/h6-7,14-15H,3-5,8-13,16-17H2,1-2H3,(H,24,29). The molecule has 1 amide bonds. The maximum absolute atomic E-state index is 13.2. The van der Waals surface area contributed by atoms with E-state index in [9.17, 15) is 13.2 Å². The third-order valence-corrected chi connectivity index (χ3v) is 8.19. The summed E-state index contributed by atoms with van der Waals surface area (Å²) in [4.78, 5) is 17.2. The maximum atomic E-state index is 13.2. The molecule has 11 heteroatoms. The molecule has 1 aromatic heterocycles. The number of sulfonamides is 1. The summed E-state index contributed by atoms with van der Waals surface area (Å²) < 4.78 is 38.3. The Hall–Kier alpha value is -2.47. The third-order valence-electron chi connectivity index (χ3n) is 6.27. The molecule has 0 unspecified atom stereocenters. The molecule has 0 bridgehead atoms. The minimum atomic E-state index is -3.69. The van der Waals surface area contributed by atoms with E-state index < -0.39 is 10.0 Å². The van der Waals surface area contributed by atoms with Gasteiger partial charge < -0.3 is 14.6 Å². The number of hydrogen-bond donors (Lipinski definition) is 1. The van der Waals surface area contributed by atoms with Crippen molar-refractivity contribution >= 4 is 21.6 Å². The predicted molar refractivity (Wildman–Crippen MR) is 127 cm³/mol. The number of amides is 1. The quantitative estimate of drug-likeness (QED) is 0.597. The van der Waals surface area contributed by atoms with Gasteiger partial charge in [0.05, 0.1) is 19.3 Å². The second kappa shape index (κ2) is 10.9. The van der Waals surface area contributed by atoms with Crippen molar-refractivity contribution in [3.63, 3.8) is 0 Å². The molecule has 2 aromatic rings. The number of ether oxygens (including phenoxy) is 1. The largest absolute Gasteiger partial charge is 0.495 e. The van der Waals surface area contributed by atoms with E-state index in [1.165, 1.54) is 17.5 Å². The van der Waals surface area contributed by atoms with Crippen LogP contribution in [-0.4, -0.2) is 86.5 Å². The van der Waals surface area contributed by atoms with Gasteiger partial charge in [0.25, 0.3) is 0 Å². The Morgan fingerprint density at radius 1 is 1.06 bits per heavy atom. The van der Waals surface area contributed by atoms with Crippen LogP contribution in [0.25, 0.3) is 0 Å². The molecule has 2 aliphatic heterocycles. The molecule has 0 aliphatic carbocycles. The van der Waals surface area contributed by atoms with Gasteiger partial charge >= 0.3 is 0 Å². The van der Waals surface area contributed by atoms with E-state index in [4.69, 9.17) is 9.26 Å². The van der Waals surface area contributed by atoms with Gasteiger partial charge in [-0.3, -0.25) is 14.6 Å². The molecule has 2 fully saturated rings. The molecule has 0 saturated carbocycles. The Kier molecular flexibility index (Phi) is 7.87. The average molecular weight is 492 g/mol. The third kappa shape index (κ3) is 5.96. The van der Waals surface area contributed by atoms with E-state index in [2.05, 4.69) is 20.3 Å². The Balaban J connectivity index is 1.33. The highest BCUT2D eigenvalue weighted by molar-refractivity contribution is 7.89. The van der Waals surface area contributed by atoms with Crippen molar-refractivity contribution in [3.8, 4) is 5.75 Å². The zero-order chi connectivity index (χ0) is 24.1. The lowest BCUT2D eigenvalue weighted by Crippen LogP contribution is -2.48. The normalized spacial score (nSPS) is 18.6.